The van der Waals surface area contributed by atoms with Gasteiger partial charge in [0.1, 0.15) is 5.75 Å². The van der Waals surface area contributed by atoms with Gasteiger partial charge in [-0.2, -0.15) is 0 Å². The van der Waals surface area contributed by atoms with Gasteiger partial charge in [-0.15, -0.1) is 0 Å². The predicted molar refractivity (Wildman–Crippen MR) is 87.1 cm³/mol. The third-order valence-corrected chi connectivity index (χ3v) is 2.80. The first kappa shape index (κ1) is 18.4. The molecule has 2 N–H and O–H groups in total. The highest BCUT2D eigenvalue weighted by molar-refractivity contribution is 5.94. The van der Waals surface area contributed by atoms with Gasteiger partial charge in [0.05, 0.1) is 0 Å². The van der Waals surface area contributed by atoms with E-state index in [2.05, 4.69) is 10.6 Å². The Labute approximate surface area is 135 Å². The molecular formula is C17H22N2O4. The van der Waals surface area contributed by atoms with E-state index in [9.17, 15) is 14.4 Å². The van der Waals surface area contributed by atoms with Crippen LogP contribution in [0, 0.1) is 0 Å². The monoisotopic (exact) mass is 318 g/mol. The van der Waals surface area contributed by atoms with E-state index in [1.165, 1.54) is 19.1 Å². The number of carbonyl (C=O) groups is 3. The van der Waals surface area contributed by atoms with Gasteiger partial charge >= 0.3 is 5.97 Å². The molecule has 2 amide bonds. The number of hydrogen-bond donors (Lipinski definition) is 2. The molecule has 1 aromatic carbocycles. The van der Waals surface area contributed by atoms with Crippen LogP contribution in [0.4, 0.5) is 0 Å². The standard InChI is InChI=1S/C17H22N2O4/c1-3-4-9-16(21)18-10-6-11-19-17(22)14-7-5-8-15(12-14)23-13(2)20/h4-5,7-9,12H,3,6,10-11H2,1-2H3,(H,18,21)(H,19,22)/b9-4+. The van der Waals surface area contributed by atoms with Gasteiger partial charge in [-0.1, -0.05) is 19.1 Å². The van der Waals surface area contributed by atoms with Gasteiger partial charge in [0, 0.05) is 25.6 Å². The highest BCUT2D eigenvalue weighted by atomic mass is 16.5. The molecule has 0 heterocycles. The molecule has 1 aromatic rings. The molecule has 0 saturated carbocycles. The number of amides is 2. The quantitative estimate of drug-likeness (QED) is 0.331. The second-order valence-electron chi connectivity index (χ2n) is 4.83. The van der Waals surface area contributed by atoms with E-state index >= 15 is 0 Å². The number of allylic oxidation sites excluding steroid dienone is 1. The zero-order valence-electron chi connectivity index (χ0n) is 13.4. The van der Waals surface area contributed by atoms with Crippen LogP contribution in [0.3, 0.4) is 0 Å². The summed E-state index contributed by atoms with van der Waals surface area (Å²) in [6.45, 7) is 4.18. The number of esters is 1. The van der Waals surface area contributed by atoms with Crippen molar-refractivity contribution in [2.45, 2.75) is 26.7 Å². The number of benzene rings is 1. The van der Waals surface area contributed by atoms with E-state index in [-0.39, 0.29) is 11.8 Å². The summed E-state index contributed by atoms with van der Waals surface area (Å²) in [5.41, 5.74) is 0.415. The summed E-state index contributed by atoms with van der Waals surface area (Å²) in [7, 11) is 0. The minimum Gasteiger partial charge on any atom is -0.427 e. The van der Waals surface area contributed by atoms with Gasteiger partial charge in [-0.25, -0.2) is 0 Å². The van der Waals surface area contributed by atoms with Gasteiger partial charge in [0.25, 0.3) is 5.91 Å². The molecule has 0 aliphatic heterocycles. The van der Waals surface area contributed by atoms with Gasteiger partial charge in [0.15, 0.2) is 0 Å². The molecule has 0 unspecified atom stereocenters. The summed E-state index contributed by atoms with van der Waals surface area (Å²) in [6, 6.07) is 6.40. The fourth-order valence-corrected chi connectivity index (χ4v) is 1.75. The van der Waals surface area contributed by atoms with Crippen molar-refractivity contribution >= 4 is 17.8 Å². The van der Waals surface area contributed by atoms with E-state index in [0.717, 1.165) is 6.42 Å². The number of carbonyl (C=O) groups excluding carboxylic acids is 3. The van der Waals surface area contributed by atoms with E-state index < -0.39 is 5.97 Å². The zero-order valence-corrected chi connectivity index (χ0v) is 13.4. The smallest absolute Gasteiger partial charge is 0.308 e. The van der Waals surface area contributed by atoms with Crippen LogP contribution in [-0.4, -0.2) is 30.9 Å². The maximum atomic E-state index is 12.0. The zero-order chi connectivity index (χ0) is 17.1. The van der Waals surface area contributed by atoms with Crippen molar-refractivity contribution in [3.05, 3.63) is 42.0 Å². The van der Waals surface area contributed by atoms with Crippen molar-refractivity contribution in [1.82, 2.24) is 10.6 Å². The largest absolute Gasteiger partial charge is 0.427 e. The molecular weight excluding hydrogens is 296 g/mol. The van der Waals surface area contributed by atoms with Crippen molar-refractivity contribution < 1.29 is 19.1 Å². The lowest BCUT2D eigenvalue weighted by Crippen LogP contribution is -2.29. The van der Waals surface area contributed by atoms with Crippen LogP contribution < -0.4 is 15.4 Å². The Morgan fingerprint density at radius 1 is 1.17 bits per heavy atom. The fraction of sp³-hybridized carbons (Fsp3) is 0.353. The Balaban J connectivity index is 2.33. The first-order valence-electron chi connectivity index (χ1n) is 7.54. The second kappa shape index (κ2) is 10.2. The molecule has 6 nitrogen and oxygen atoms in total. The highest BCUT2D eigenvalue weighted by Crippen LogP contribution is 2.13. The molecule has 0 aliphatic carbocycles. The number of hydrogen-bond acceptors (Lipinski definition) is 4. The molecule has 0 radical (unpaired) electrons. The van der Waals surface area contributed by atoms with Crippen LogP contribution in [0.25, 0.3) is 0 Å². The molecule has 0 bridgehead atoms. The first-order valence-corrected chi connectivity index (χ1v) is 7.54. The lowest BCUT2D eigenvalue weighted by atomic mass is 10.2. The molecule has 0 aromatic heterocycles. The first-order chi connectivity index (χ1) is 11.0. The van der Waals surface area contributed by atoms with Gasteiger partial charge in [-0.05, 0) is 37.1 Å². The van der Waals surface area contributed by atoms with E-state index in [4.69, 9.17) is 4.74 Å². The summed E-state index contributed by atoms with van der Waals surface area (Å²) in [5, 5.41) is 5.47. The maximum Gasteiger partial charge on any atom is 0.308 e. The third kappa shape index (κ3) is 7.80. The van der Waals surface area contributed by atoms with Crippen LogP contribution in [0.1, 0.15) is 37.0 Å². The Hall–Kier alpha value is -2.63. The lowest BCUT2D eigenvalue weighted by Gasteiger charge is -2.07. The van der Waals surface area contributed by atoms with Crippen molar-refractivity contribution in [1.29, 1.82) is 0 Å². The maximum absolute atomic E-state index is 12.0. The van der Waals surface area contributed by atoms with Crippen molar-refractivity contribution in [3.8, 4) is 5.75 Å². The molecule has 124 valence electrons. The molecule has 0 atom stereocenters. The third-order valence-electron chi connectivity index (χ3n) is 2.80. The van der Waals surface area contributed by atoms with Crippen molar-refractivity contribution in [2.75, 3.05) is 13.1 Å². The summed E-state index contributed by atoms with van der Waals surface area (Å²) in [4.78, 5) is 34.2. The summed E-state index contributed by atoms with van der Waals surface area (Å²) in [5.74, 6) is -0.487. The number of ether oxygens (including phenoxy) is 1. The molecule has 0 fully saturated rings. The Morgan fingerprint density at radius 3 is 2.61 bits per heavy atom. The van der Waals surface area contributed by atoms with E-state index in [1.807, 2.05) is 6.92 Å². The normalized spacial score (nSPS) is 10.3. The average molecular weight is 318 g/mol. The Kier molecular flexibility index (Phi) is 8.13. The summed E-state index contributed by atoms with van der Waals surface area (Å²) >= 11 is 0. The Bertz CT molecular complexity index is 582. The van der Waals surface area contributed by atoms with Crippen molar-refractivity contribution in [2.24, 2.45) is 0 Å². The molecule has 0 saturated heterocycles. The molecule has 0 aliphatic rings. The minimum absolute atomic E-state index is 0.132. The fourth-order valence-electron chi connectivity index (χ4n) is 1.75. The average Bonchev–Trinajstić information content (AvgIpc) is 2.52. The van der Waals surface area contributed by atoms with Crippen LogP contribution in [0.2, 0.25) is 0 Å². The van der Waals surface area contributed by atoms with Crippen LogP contribution >= 0.6 is 0 Å². The lowest BCUT2D eigenvalue weighted by molar-refractivity contribution is -0.131. The summed E-state index contributed by atoms with van der Waals surface area (Å²) < 4.78 is 4.93. The molecule has 1 rings (SSSR count). The highest BCUT2D eigenvalue weighted by Gasteiger charge is 2.07. The van der Waals surface area contributed by atoms with Crippen LogP contribution in [-0.2, 0) is 9.59 Å². The van der Waals surface area contributed by atoms with Crippen LogP contribution in [0.5, 0.6) is 5.75 Å². The van der Waals surface area contributed by atoms with Gasteiger partial charge in [-0.3, -0.25) is 14.4 Å². The molecule has 23 heavy (non-hydrogen) atoms. The topological polar surface area (TPSA) is 84.5 Å². The minimum atomic E-state index is -0.435. The van der Waals surface area contributed by atoms with Gasteiger partial charge in [0.2, 0.25) is 5.91 Å². The SMILES string of the molecule is CC/C=C/C(=O)NCCCNC(=O)c1cccc(OC(C)=O)c1. The number of rotatable bonds is 8. The summed E-state index contributed by atoms with van der Waals surface area (Å²) in [6.07, 6.45) is 4.73. The van der Waals surface area contributed by atoms with Gasteiger partial charge < -0.3 is 15.4 Å². The predicted octanol–water partition coefficient (Wildman–Crippen LogP) is 1.81. The number of nitrogens with one attached hydrogen (secondary N) is 2. The molecule has 6 heteroatoms. The molecule has 0 spiro atoms. The second-order valence-corrected chi connectivity index (χ2v) is 4.83. The Morgan fingerprint density at radius 2 is 1.91 bits per heavy atom. The van der Waals surface area contributed by atoms with E-state index in [0.29, 0.717) is 30.8 Å². The van der Waals surface area contributed by atoms with Crippen molar-refractivity contribution in [3.63, 3.8) is 0 Å². The van der Waals surface area contributed by atoms with E-state index in [1.54, 1.807) is 24.3 Å². The van der Waals surface area contributed by atoms with Crippen LogP contribution in [0.15, 0.2) is 36.4 Å².